The van der Waals surface area contributed by atoms with Gasteiger partial charge in [0.15, 0.2) is 0 Å². The molecule has 1 N–H and O–H groups in total. The lowest BCUT2D eigenvalue weighted by molar-refractivity contribution is 0.607. The zero-order valence-electron chi connectivity index (χ0n) is 12.1. The minimum Gasteiger partial charge on any atom is -0.368 e. The molecule has 0 aliphatic heterocycles. The summed E-state index contributed by atoms with van der Waals surface area (Å²) < 4.78 is 13.5. The first-order valence-corrected chi connectivity index (χ1v) is 6.69. The second-order valence-electron chi connectivity index (χ2n) is 4.89. The number of nitrogens with one attached hydrogen (secondary N) is 1. The highest BCUT2D eigenvalue weighted by Crippen LogP contribution is 2.27. The van der Waals surface area contributed by atoms with Crippen LogP contribution in [0, 0.1) is 5.82 Å². The zero-order valence-corrected chi connectivity index (χ0v) is 12.1. The van der Waals surface area contributed by atoms with Crippen molar-refractivity contribution in [3.05, 3.63) is 59.7 Å². The Bertz CT molecular complexity index is 557. The van der Waals surface area contributed by atoms with E-state index < -0.39 is 0 Å². The van der Waals surface area contributed by atoms with Gasteiger partial charge in [-0.25, -0.2) is 4.39 Å². The van der Waals surface area contributed by atoms with E-state index in [1.54, 1.807) is 12.3 Å². The molecular weight excluding hydrogens is 253 g/mol. The van der Waals surface area contributed by atoms with E-state index in [0.29, 0.717) is 6.54 Å². The number of pyridine rings is 1. The first-order valence-electron chi connectivity index (χ1n) is 6.69. The average Bonchev–Trinajstić information content (AvgIpc) is 2.47. The van der Waals surface area contributed by atoms with Gasteiger partial charge in [0, 0.05) is 25.0 Å². The first-order chi connectivity index (χ1) is 9.61. The topological polar surface area (TPSA) is 28.2 Å². The second-order valence-corrected chi connectivity index (χ2v) is 4.89. The fourth-order valence-corrected chi connectivity index (χ4v) is 2.20. The van der Waals surface area contributed by atoms with Crippen molar-refractivity contribution in [3.8, 4) is 0 Å². The average molecular weight is 273 g/mol. The molecule has 1 heterocycles. The molecule has 0 spiro atoms. The largest absolute Gasteiger partial charge is 0.368 e. The molecule has 0 aliphatic carbocycles. The van der Waals surface area contributed by atoms with Crippen LogP contribution in [0.1, 0.15) is 24.2 Å². The zero-order chi connectivity index (χ0) is 14.5. The van der Waals surface area contributed by atoms with Crippen molar-refractivity contribution in [3.63, 3.8) is 0 Å². The summed E-state index contributed by atoms with van der Waals surface area (Å²) >= 11 is 0. The molecule has 20 heavy (non-hydrogen) atoms. The van der Waals surface area contributed by atoms with Crippen LogP contribution in [0.5, 0.6) is 0 Å². The summed E-state index contributed by atoms with van der Waals surface area (Å²) in [7, 11) is 3.87. The molecule has 1 aromatic carbocycles. The molecule has 0 amide bonds. The van der Waals surface area contributed by atoms with Crippen molar-refractivity contribution in [2.75, 3.05) is 19.0 Å². The van der Waals surface area contributed by atoms with Crippen molar-refractivity contribution in [1.29, 1.82) is 0 Å². The van der Waals surface area contributed by atoms with Gasteiger partial charge in [-0.15, -0.1) is 0 Å². The molecule has 0 bridgehead atoms. The van der Waals surface area contributed by atoms with E-state index in [-0.39, 0.29) is 11.9 Å². The molecule has 0 radical (unpaired) electrons. The number of aromatic nitrogens is 1. The lowest BCUT2D eigenvalue weighted by Crippen LogP contribution is -2.22. The summed E-state index contributed by atoms with van der Waals surface area (Å²) in [6.45, 7) is 2.71. The smallest absolute Gasteiger partial charge is 0.123 e. The van der Waals surface area contributed by atoms with Crippen molar-refractivity contribution in [2.45, 2.75) is 19.5 Å². The van der Waals surface area contributed by atoms with Crippen LogP contribution < -0.4 is 10.2 Å². The van der Waals surface area contributed by atoms with Gasteiger partial charge < -0.3 is 10.2 Å². The standard InChI is InChI=1S/C16H20FN3/c1-12(18-2)15-10-13(17)7-8-16(15)20(3)11-14-6-4-5-9-19-14/h4-10,12,18H,11H2,1-3H3. The summed E-state index contributed by atoms with van der Waals surface area (Å²) in [5.41, 5.74) is 2.95. The van der Waals surface area contributed by atoms with Crippen molar-refractivity contribution in [2.24, 2.45) is 0 Å². The van der Waals surface area contributed by atoms with Crippen LogP contribution >= 0.6 is 0 Å². The molecule has 0 fully saturated rings. The molecule has 0 saturated heterocycles. The van der Waals surface area contributed by atoms with E-state index in [4.69, 9.17) is 0 Å². The summed E-state index contributed by atoms with van der Waals surface area (Å²) in [5, 5.41) is 3.16. The fourth-order valence-electron chi connectivity index (χ4n) is 2.20. The highest BCUT2D eigenvalue weighted by molar-refractivity contribution is 5.54. The van der Waals surface area contributed by atoms with Gasteiger partial charge in [0.05, 0.1) is 12.2 Å². The minimum absolute atomic E-state index is 0.0897. The van der Waals surface area contributed by atoms with E-state index in [1.807, 2.05) is 45.3 Å². The molecule has 3 nitrogen and oxygen atoms in total. The number of anilines is 1. The van der Waals surface area contributed by atoms with Gasteiger partial charge in [-0.1, -0.05) is 6.07 Å². The van der Waals surface area contributed by atoms with E-state index in [9.17, 15) is 4.39 Å². The molecule has 1 unspecified atom stereocenters. The fraction of sp³-hybridized carbons (Fsp3) is 0.312. The Labute approximate surface area is 119 Å². The minimum atomic E-state index is -0.211. The number of nitrogens with zero attached hydrogens (tertiary/aromatic N) is 2. The third-order valence-corrected chi connectivity index (χ3v) is 3.43. The second kappa shape index (κ2) is 6.48. The van der Waals surface area contributed by atoms with Gasteiger partial charge in [-0.2, -0.15) is 0 Å². The number of rotatable bonds is 5. The molecule has 0 saturated carbocycles. The maximum absolute atomic E-state index is 13.5. The van der Waals surface area contributed by atoms with Crippen LogP contribution in [0.2, 0.25) is 0 Å². The quantitative estimate of drug-likeness (QED) is 0.907. The number of hydrogen-bond acceptors (Lipinski definition) is 3. The summed E-state index contributed by atoms with van der Waals surface area (Å²) in [5.74, 6) is -0.211. The predicted molar refractivity (Wildman–Crippen MR) is 80.2 cm³/mol. The summed E-state index contributed by atoms with van der Waals surface area (Å²) in [6, 6.07) is 10.9. The van der Waals surface area contributed by atoms with Gasteiger partial charge in [0.2, 0.25) is 0 Å². The lowest BCUT2D eigenvalue weighted by Gasteiger charge is -2.25. The molecular formula is C16H20FN3. The Hall–Kier alpha value is -1.94. The molecule has 1 atom stereocenters. The number of halogens is 1. The molecule has 1 aromatic heterocycles. The number of benzene rings is 1. The van der Waals surface area contributed by atoms with Crippen LogP contribution in [0.4, 0.5) is 10.1 Å². The highest BCUT2D eigenvalue weighted by atomic mass is 19.1. The Kier molecular flexibility index (Phi) is 4.69. The first kappa shape index (κ1) is 14.5. The Balaban J connectivity index is 2.27. The van der Waals surface area contributed by atoms with Gasteiger partial charge >= 0.3 is 0 Å². The molecule has 0 aliphatic rings. The maximum Gasteiger partial charge on any atom is 0.123 e. The normalized spacial score (nSPS) is 12.2. The molecule has 2 rings (SSSR count). The Morgan fingerprint density at radius 3 is 2.75 bits per heavy atom. The van der Waals surface area contributed by atoms with Gasteiger partial charge in [-0.3, -0.25) is 4.98 Å². The molecule has 2 aromatic rings. The van der Waals surface area contributed by atoms with Crippen LogP contribution in [-0.2, 0) is 6.54 Å². The molecule has 4 heteroatoms. The van der Waals surface area contributed by atoms with Gasteiger partial charge in [0.1, 0.15) is 5.82 Å². The van der Waals surface area contributed by atoms with Crippen LogP contribution in [0.3, 0.4) is 0 Å². The Morgan fingerprint density at radius 2 is 2.10 bits per heavy atom. The number of hydrogen-bond donors (Lipinski definition) is 1. The van der Waals surface area contributed by atoms with E-state index in [2.05, 4.69) is 15.2 Å². The van der Waals surface area contributed by atoms with Crippen molar-refractivity contribution >= 4 is 5.69 Å². The summed E-state index contributed by atoms with van der Waals surface area (Å²) in [6.07, 6.45) is 1.78. The predicted octanol–water partition coefficient (Wildman–Crippen LogP) is 3.14. The maximum atomic E-state index is 13.5. The van der Waals surface area contributed by atoms with Crippen molar-refractivity contribution in [1.82, 2.24) is 10.3 Å². The van der Waals surface area contributed by atoms with E-state index in [1.165, 1.54) is 6.07 Å². The van der Waals surface area contributed by atoms with Crippen molar-refractivity contribution < 1.29 is 4.39 Å². The third-order valence-electron chi connectivity index (χ3n) is 3.43. The Morgan fingerprint density at radius 1 is 1.30 bits per heavy atom. The molecule has 106 valence electrons. The van der Waals surface area contributed by atoms with Crippen LogP contribution in [0.25, 0.3) is 0 Å². The van der Waals surface area contributed by atoms with Crippen LogP contribution in [0.15, 0.2) is 42.6 Å². The van der Waals surface area contributed by atoms with E-state index >= 15 is 0 Å². The highest BCUT2D eigenvalue weighted by Gasteiger charge is 2.14. The monoisotopic (exact) mass is 273 g/mol. The summed E-state index contributed by atoms with van der Waals surface area (Å²) in [4.78, 5) is 6.41. The van der Waals surface area contributed by atoms with Crippen LogP contribution in [-0.4, -0.2) is 19.1 Å². The third kappa shape index (κ3) is 3.33. The van der Waals surface area contributed by atoms with E-state index in [0.717, 1.165) is 16.9 Å². The lowest BCUT2D eigenvalue weighted by atomic mass is 10.0. The van der Waals surface area contributed by atoms with Gasteiger partial charge in [0.25, 0.3) is 0 Å². The SMILES string of the molecule is CNC(C)c1cc(F)ccc1N(C)Cc1ccccn1. The van der Waals surface area contributed by atoms with Gasteiger partial charge in [-0.05, 0) is 49.9 Å².